The number of aryl methyl sites for hydroxylation is 1. The predicted octanol–water partition coefficient (Wildman–Crippen LogP) is 3.46. The number of aromatic nitrogens is 2. The molecular weight excluding hydrogens is 261 g/mol. The third kappa shape index (κ3) is 2.50. The normalized spacial score (nSPS) is 12.1. The molecular formula is C8H10BrF3N2. The molecule has 1 heterocycles. The molecule has 0 aliphatic heterocycles. The summed E-state index contributed by atoms with van der Waals surface area (Å²) in [6.45, 7) is 2.22. The average molecular weight is 271 g/mol. The molecule has 0 unspecified atom stereocenters. The van der Waals surface area contributed by atoms with Gasteiger partial charge in [0.2, 0.25) is 0 Å². The molecule has 0 radical (unpaired) electrons. The standard InChI is InChI=1S/C8H10BrF3N2/c1-2-3-4-14-7(8(10,11)12)6(9)5-13-14/h5H,2-4H2,1H3. The van der Waals surface area contributed by atoms with Gasteiger partial charge in [0.25, 0.3) is 0 Å². The van der Waals surface area contributed by atoms with Crippen molar-refractivity contribution in [2.75, 3.05) is 0 Å². The Hall–Kier alpha value is -0.520. The molecule has 0 N–H and O–H groups in total. The molecule has 0 spiro atoms. The summed E-state index contributed by atoms with van der Waals surface area (Å²) >= 11 is 2.84. The van der Waals surface area contributed by atoms with Crippen LogP contribution in [0.5, 0.6) is 0 Å². The topological polar surface area (TPSA) is 17.8 Å². The second kappa shape index (κ2) is 4.33. The molecule has 0 aromatic carbocycles. The first-order valence-corrected chi connectivity index (χ1v) is 5.04. The van der Waals surface area contributed by atoms with Crippen LogP contribution in [0.15, 0.2) is 10.7 Å². The number of alkyl halides is 3. The molecule has 1 rings (SSSR count). The van der Waals surface area contributed by atoms with Crippen LogP contribution >= 0.6 is 15.9 Å². The first-order valence-electron chi connectivity index (χ1n) is 4.25. The predicted molar refractivity (Wildman–Crippen MR) is 49.8 cm³/mol. The Labute approximate surface area is 88.2 Å². The SMILES string of the molecule is CCCCn1ncc(Br)c1C(F)(F)F. The quantitative estimate of drug-likeness (QED) is 0.823. The summed E-state index contributed by atoms with van der Waals surface area (Å²) in [6.07, 6.45) is -1.63. The molecule has 14 heavy (non-hydrogen) atoms. The van der Waals surface area contributed by atoms with Crippen molar-refractivity contribution in [3.63, 3.8) is 0 Å². The molecule has 2 nitrogen and oxygen atoms in total. The lowest BCUT2D eigenvalue weighted by Crippen LogP contribution is -2.15. The summed E-state index contributed by atoms with van der Waals surface area (Å²) in [5.74, 6) is 0. The van der Waals surface area contributed by atoms with Crippen LogP contribution in [0.3, 0.4) is 0 Å². The van der Waals surface area contributed by atoms with Gasteiger partial charge in [-0.1, -0.05) is 13.3 Å². The summed E-state index contributed by atoms with van der Waals surface area (Å²) in [6, 6.07) is 0. The van der Waals surface area contributed by atoms with Crippen LogP contribution in [0.1, 0.15) is 25.5 Å². The molecule has 6 heteroatoms. The highest BCUT2D eigenvalue weighted by Crippen LogP contribution is 2.34. The van der Waals surface area contributed by atoms with Gasteiger partial charge in [0, 0.05) is 6.54 Å². The minimum absolute atomic E-state index is 0.00102. The summed E-state index contributed by atoms with van der Waals surface area (Å²) in [5.41, 5.74) is -0.703. The number of hydrogen-bond donors (Lipinski definition) is 0. The van der Waals surface area contributed by atoms with E-state index in [-0.39, 0.29) is 4.47 Å². The molecule has 0 saturated carbocycles. The lowest BCUT2D eigenvalue weighted by atomic mass is 10.3. The number of unbranched alkanes of at least 4 members (excludes halogenated alkanes) is 1. The van der Waals surface area contributed by atoms with Crippen molar-refractivity contribution in [3.05, 3.63) is 16.4 Å². The third-order valence-electron chi connectivity index (χ3n) is 1.79. The van der Waals surface area contributed by atoms with Gasteiger partial charge in [-0.25, -0.2) is 0 Å². The fourth-order valence-electron chi connectivity index (χ4n) is 1.12. The van der Waals surface area contributed by atoms with E-state index in [2.05, 4.69) is 21.0 Å². The zero-order chi connectivity index (χ0) is 10.8. The van der Waals surface area contributed by atoms with Gasteiger partial charge in [-0.2, -0.15) is 18.3 Å². The summed E-state index contributed by atoms with van der Waals surface area (Å²) < 4.78 is 38.4. The number of rotatable bonds is 3. The van der Waals surface area contributed by atoms with Gasteiger partial charge in [-0.05, 0) is 22.4 Å². The molecule has 0 amide bonds. The number of halogens is 4. The molecule has 1 aromatic heterocycles. The highest BCUT2D eigenvalue weighted by molar-refractivity contribution is 9.10. The van der Waals surface area contributed by atoms with Crippen LogP contribution in [0, 0.1) is 0 Å². The van der Waals surface area contributed by atoms with Gasteiger partial charge in [-0.15, -0.1) is 0 Å². The van der Waals surface area contributed by atoms with Crippen molar-refractivity contribution in [1.29, 1.82) is 0 Å². The smallest absolute Gasteiger partial charge is 0.259 e. The summed E-state index contributed by atoms with van der Waals surface area (Å²) in [5, 5.41) is 3.67. The van der Waals surface area contributed by atoms with Gasteiger partial charge in [0.15, 0.2) is 5.69 Å². The van der Waals surface area contributed by atoms with Gasteiger partial charge in [0.05, 0.1) is 10.7 Å². The maximum atomic E-state index is 12.5. The van der Waals surface area contributed by atoms with Crippen molar-refractivity contribution in [2.45, 2.75) is 32.5 Å². The Morgan fingerprint density at radius 2 is 2.14 bits per heavy atom. The van der Waals surface area contributed by atoms with Crippen molar-refractivity contribution >= 4 is 15.9 Å². The summed E-state index contributed by atoms with van der Waals surface area (Å²) in [4.78, 5) is 0. The van der Waals surface area contributed by atoms with E-state index in [1.165, 1.54) is 6.20 Å². The Morgan fingerprint density at radius 3 is 2.64 bits per heavy atom. The Kier molecular flexibility index (Phi) is 3.58. The zero-order valence-corrected chi connectivity index (χ0v) is 9.19. The monoisotopic (exact) mass is 270 g/mol. The molecule has 0 fully saturated rings. The maximum Gasteiger partial charge on any atom is 0.434 e. The Morgan fingerprint density at radius 1 is 1.50 bits per heavy atom. The largest absolute Gasteiger partial charge is 0.434 e. The van der Waals surface area contributed by atoms with Crippen LogP contribution < -0.4 is 0 Å². The van der Waals surface area contributed by atoms with E-state index in [1.54, 1.807) is 0 Å². The number of hydrogen-bond acceptors (Lipinski definition) is 1. The molecule has 80 valence electrons. The van der Waals surface area contributed by atoms with Crippen LogP contribution in [0.2, 0.25) is 0 Å². The molecule has 0 aliphatic carbocycles. The van der Waals surface area contributed by atoms with E-state index < -0.39 is 11.9 Å². The molecule has 0 atom stereocenters. The maximum absolute atomic E-state index is 12.5. The van der Waals surface area contributed by atoms with E-state index in [0.717, 1.165) is 11.1 Å². The highest BCUT2D eigenvalue weighted by atomic mass is 79.9. The van der Waals surface area contributed by atoms with Crippen molar-refractivity contribution in [3.8, 4) is 0 Å². The van der Waals surface area contributed by atoms with Crippen molar-refractivity contribution in [2.24, 2.45) is 0 Å². The van der Waals surface area contributed by atoms with Crippen LogP contribution in [-0.4, -0.2) is 9.78 Å². The fraction of sp³-hybridized carbons (Fsp3) is 0.625. The minimum atomic E-state index is -4.34. The molecule has 0 saturated heterocycles. The first kappa shape index (κ1) is 11.6. The lowest BCUT2D eigenvalue weighted by Gasteiger charge is -2.10. The van der Waals surface area contributed by atoms with Gasteiger partial charge >= 0.3 is 6.18 Å². The van der Waals surface area contributed by atoms with Gasteiger partial charge in [0.1, 0.15) is 0 Å². The van der Waals surface area contributed by atoms with Gasteiger partial charge in [-0.3, -0.25) is 4.68 Å². The Bertz CT molecular complexity index is 306. The molecule has 0 bridgehead atoms. The van der Waals surface area contributed by atoms with Crippen LogP contribution in [0.4, 0.5) is 13.2 Å². The van der Waals surface area contributed by atoms with E-state index in [9.17, 15) is 13.2 Å². The molecule has 0 aliphatic rings. The van der Waals surface area contributed by atoms with E-state index in [4.69, 9.17) is 0 Å². The highest BCUT2D eigenvalue weighted by Gasteiger charge is 2.37. The van der Waals surface area contributed by atoms with E-state index in [1.807, 2.05) is 6.92 Å². The van der Waals surface area contributed by atoms with Crippen LogP contribution in [0.25, 0.3) is 0 Å². The van der Waals surface area contributed by atoms with E-state index in [0.29, 0.717) is 13.0 Å². The third-order valence-corrected chi connectivity index (χ3v) is 2.37. The summed E-state index contributed by atoms with van der Waals surface area (Å²) in [7, 11) is 0. The van der Waals surface area contributed by atoms with Crippen molar-refractivity contribution < 1.29 is 13.2 Å². The number of nitrogens with zero attached hydrogens (tertiary/aromatic N) is 2. The van der Waals surface area contributed by atoms with Gasteiger partial charge < -0.3 is 0 Å². The average Bonchev–Trinajstić information content (AvgIpc) is 2.42. The second-order valence-electron chi connectivity index (χ2n) is 2.92. The Balaban J connectivity index is 2.95. The van der Waals surface area contributed by atoms with E-state index >= 15 is 0 Å². The van der Waals surface area contributed by atoms with Crippen molar-refractivity contribution in [1.82, 2.24) is 9.78 Å². The fourth-order valence-corrected chi connectivity index (χ4v) is 1.64. The molecule has 1 aromatic rings. The minimum Gasteiger partial charge on any atom is -0.259 e. The van der Waals surface area contributed by atoms with Crippen LogP contribution in [-0.2, 0) is 12.7 Å². The first-order chi connectivity index (χ1) is 6.46. The second-order valence-corrected chi connectivity index (χ2v) is 3.77. The lowest BCUT2D eigenvalue weighted by molar-refractivity contribution is -0.144. The zero-order valence-electron chi connectivity index (χ0n) is 7.60.